The molecule has 0 aromatic heterocycles. The van der Waals surface area contributed by atoms with Crippen LogP contribution in [0, 0.1) is 0 Å². The minimum Gasteiger partial charge on any atom is -0.480 e. The lowest BCUT2D eigenvalue weighted by Gasteiger charge is -2.14. The molecule has 0 rings (SSSR count). The van der Waals surface area contributed by atoms with Gasteiger partial charge in [0.05, 0.1) is 0 Å². The van der Waals surface area contributed by atoms with Gasteiger partial charge in [-0.05, 0) is 18.6 Å². The van der Waals surface area contributed by atoms with Gasteiger partial charge >= 0.3 is 11.9 Å². The Morgan fingerprint density at radius 1 is 1.24 bits per heavy atom. The van der Waals surface area contributed by atoms with Gasteiger partial charge < -0.3 is 15.5 Å². The molecule has 0 heterocycles. The van der Waals surface area contributed by atoms with E-state index in [0.717, 1.165) is 0 Å². The van der Waals surface area contributed by atoms with E-state index in [0.29, 0.717) is 12.2 Å². The third kappa shape index (κ3) is 6.83. The van der Waals surface area contributed by atoms with Crippen molar-refractivity contribution in [2.75, 3.05) is 5.75 Å². The molecule has 7 heteroatoms. The van der Waals surface area contributed by atoms with Crippen LogP contribution in [0.5, 0.6) is 0 Å². The van der Waals surface area contributed by atoms with Gasteiger partial charge in [0.15, 0.2) is 0 Å². The van der Waals surface area contributed by atoms with E-state index in [-0.39, 0.29) is 6.42 Å². The Hall–Kier alpha value is -1.24. The van der Waals surface area contributed by atoms with E-state index in [1.54, 1.807) is 6.92 Å². The highest BCUT2D eigenvalue weighted by molar-refractivity contribution is 8.00. The Morgan fingerprint density at radius 3 is 2.18 bits per heavy atom. The summed E-state index contributed by atoms with van der Waals surface area (Å²) in [5.41, 5.74) is 0. The number of thioether (sulfide) groups is 1. The van der Waals surface area contributed by atoms with Gasteiger partial charge in [0.25, 0.3) is 0 Å². The third-order valence-electron chi connectivity index (χ3n) is 2.05. The quantitative estimate of drug-likeness (QED) is 0.591. The molecule has 0 aromatic rings. The molecular formula is C10H17NO5S. The molecule has 0 aliphatic carbocycles. The molecule has 0 aliphatic heterocycles. The van der Waals surface area contributed by atoms with Crippen LogP contribution in [0.15, 0.2) is 0 Å². The van der Waals surface area contributed by atoms with Gasteiger partial charge in [-0.1, -0.05) is 6.92 Å². The van der Waals surface area contributed by atoms with Gasteiger partial charge in [-0.25, -0.2) is 4.79 Å². The Bertz CT molecular complexity index is 294. The summed E-state index contributed by atoms with van der Waals surface area (Å²) in [6.45, 7) is 3.00. The van der Waals surface area contributed by atoms with E-state index in [1.807, 2.05) is 0 Å². The lowest BCUT2D eigenvalue weighted by molar-refractivity contribution is -0.141. The van der Waals surface area contributed by atoms with Crippen molar-refractivity contribution in [3.63, 3.8) is 0 Å². The number of carboxylic acids is 2. The number of aliphatic carboxylic acids is 2. The molecule has 98 valence electrons. The van der Waals surface area contributed by atoms with E-state index in [1.165, 1.54) is 18.7 Å². The Balaban J connectivity index is 4.09. The smallest absolute Gasteiger partial charge is 0.326 e. The fraction of sp³-hybridized carbons (Fsp3) is 0.700. The molecule has 0 saturated carbocycles. The topological polar surface area (TPSA) is 104 Å². The predicted molar refractivity (Wildman–Crippen MR) is 64.0 cm³/mol. The monoisotopic (exact) mass is 263 g/mol. The van der Waals surface area contributed by atoms with Crippen LogP contribution < -0.4 is 5.32 Å². The number of amides is 1. The molecule has 0 radical (unpaired) electrons. The Labute approximate surface area is 104 Å². The highest BCUT2D eigenvalue weighted by Crippen LogP contribution is 2.16. The zero-order valence-electron chi connectivity index (χ0n) is 9.80. The van der Waals surface area contributed by atoms with Gasteiger partial charge in [0.2, 0.25) is 5.91 Å². The SMILES string of the molecule is CCC(SCCC(NC(C)=O)C(=O)O)C(=O)O. The maximum Gasteiger partial charge on any atom is 0.326 e. The summed E-state index contributed by atoms with van der Waals surface area (Å²) >= 11 is 1.19. The van der Waals surface area contributed by atoms with Crippen LogP contribution in [0.25, 0.3) is 0 Å². The number of hydrogen-bond donors (Lipinski definition) is 3. The normalized spacial score (nSPS) is 13.8. The maximum absolute atomic E-state index is 10.8. The van der Waals surface area contributed by atoms with Crippen molar-refractivity contribution in [3.8, 4) is 0 Å². The van der Waals surface area contributed by atoms with Crippen LogP contribution >= 0.6 is 11.8 Å². The highest BCUT2D eigenvalue weighted by atomic mass is 32.2. The summed E-state index contributed by atoms with van der Waals surface area (Å²) in [6, 6.07) is -0.952. The molecule has 0 aliphatic rings. The minimum atomic E-state index is -1.11. The lowest BCUT2D eigenvalue weighted by Crippen LogP contribution is -2.40. The van der Waals surface area contributed by atoms with Crippen molar-refractivity contribution in [2.24, 2.45) is 0 Å². The fourth-order valence-electron chi connectivity index (χ4n) is 1.19. The summed E-state index contributed by atoms with van der Waals surface area (Å²) in [6.07, 6.45) is 0.696. The van der Waals surface area contributed by atoms with Crippen LogP contribution in [0.4, 0.5) is 0 Å². The number of rotatable bonds is 8. The molecule has 0 aromatic carbocycles. The lowest BCUT2D eigenvalue weighted by atomic mass is 10.2. The van der Waals surface area contributed by atoms with Crippen molar-refractivity contribution in [1.29, 1.82) is 0 Å². The highest BCUT2D eigenvalue weighted by Gasteiger charge is 2.20. The van der Waals surface area contributed by atoms with Gasteiger partial charge in [0, 0.05) is 6.92 Å². The summed E-state index contributed by atoms with van der Waals surface area (Å²) in [5, 5.41) is 19.4. The molecule has 3 N–H and O–H groups in total. The Kier molecular flexibility index (Phi) is 7.36. The predicted octanol–water partition coefficient (Wildman–Crippen LogP) is 0.562. The molecule has 2 atom stereocenters. The molecule has 0 bridgehead atoms. The van der Waals surface area contributed by atoms with Gasteiger partial charge in [-0.3, -0.25) is 9.59 Å². The van der Waals surface area contributed by atoms with Crippen molar-refractivity contribution in [3.05, 3.63) is 0 Å². The second-order valence-corrected chi connectivity index (χ2v) is 4.80. The van der Waals surface area contributed by atoms with Crippen LogP contribution in [0.1, 0.15) is 26.7 Å². The van der Waals surface area contributed by atoms with Crippen LogP contribution in [0.3, 0.4) is 0 Å². The molecule has 2 unspecified atom stereocenters. The van der Waals surface area contributed by atoms with Gasteiger partial charge in [-0.15, -0.1) is 11.8 Å². The first kappa shape index (κ1) is 15.8. The van der Waals surface area contributed by atoms with Crippen molar-refractivity contribution < 1.29 is 24.6 Å². The molecule has 0 spiro atoms. The average Bonchev–Trinajstić information content (AvgIpc) is 2.21. The van der Waals surface area contributed by atoms with Gasteiger partial charge in [-0.2, -0.15) is 0 Å². The zero-order valence-corrected chi connectivity index (χ0v) is 10.6. The number of nitrogens with one attached hydrogen (secondary N) is 1. The minimum absolute atomic E-state index is 0.212. The first-order valence-corrected chi connectivity index (χ1v) is 6.27. The number of carbonyl (C=O) groups is 3. The molecule has 1 amide bonds. The second kappa shape index (κ2) is 7.94. The van der Waals surface area contributed by atoms with Crippen molar-refractivity contribution in [2.45, 2.75) is 38.0 Å². The molecule has 6 nitrogen and oxygen atoms in total. The van der Waals surface area contributed by atoms with E-state index in [2.05, 4.69) is 5.32 Å². The largest absolute Gasteiger partial charge is 0.480 e. The number of carbonyl (C=O) groups excluding carboxylic acids is 1. The first-order chi connectivity index (χ1) is 7.88. The van der Waals surface area contributed by atoms with E-state index in [4.69, 9.17) is 10.2 Å². The molecule has 0 fully saturated rings. The van der Waals surface area contributed by atoms with Crippen LogP contribution in [0.2, 0.25) is 0 Å². The average molecular weight is 263 g/mol. The first-order valence-electron chi connectivity index (χ1n) is 5.22. The summed E-state index contributed by atoms with van der Waals surface area (Å²) in [4.78, 5) is 32.2. The molecule has 0 saturated heterocycles. The van der Waals surface area contributed by atoms with Gasteiger partial charge in [0.1, 0.15) is 11.3 Å². The van der Waals surface area contributed by atoms with E-state index >= 15 is 0 Å². The summed E-state index contributed by atoms with van der Waals surface area (Å²) in [7, 11) is 0. The maximum atomic E-state index is 10.8. The molecular weight excluding hydrogens is 246 g/mol. The standard InChI is InChI=1S/C10H17NO5S/c1-3-8(10(15)16)17-5-4-7(9(13)14)11-6(2)12/h7-8H,3-5H2,1-2H3,(H,11,12)(H,13,14)(H,15,16). The molecule has 17 heavy (non-hydrogen) atoms. The summed E-state index contributed by atoms with van der Waals surface area (Å²) < 4.78 is 0. The van der Waals surface area contributed by atoms with Crippen molar-refractivity contribution in [1.82, 2.24) is 5.32 Å². The zero-order chi connectivity index (χ0) is 13.4. The second-order valence-electron chi connectivity index (χ2n) is 3.49. The Morgan fingerprint density at radius 2 is 1.82 bits per heavy atom. The number of carboxylic acid groups (broad SMARTS) is 2. The third-order valence-corrected chi connectivity index (χ3v) is 3.46. The van der Waals surface area contributed by atoms with E-state index < -0.39 is 29.1 Å². The van der Waals surface area contributed by atoms with Crippen LogP contribution in [-0.2, 0) is 14.4 Å². The van der Waals surface area contributed by atoms with Crippen molar-refractivity contribution >= 4 is 29.6 Å². The fourth-order valence-corrected chi connectivity index (χ4v) is 2.23. The summed E-state index contributed by atoms with van der Waals surface area (Å²) in [5.74, 6) is -2.04. The van der Waals surface area contributed by atoms with Crippen LogP contribution in [-0.4, -0.2) is 45.1 Å². The van der Waals surface area contributed by atoms with E-state index in [9.17, 15) is 14.4 Å². The number of hydrogen-bond acceptors (Lipinski definition) is 4.